The molecule has 0 fully saturated rings. The average molecular weight is 223 g/mol. The van der Waals surface area contributed by atoms with Crippen molar-refractivity contribution in [2.45, 2.75) is 39.7 Å². The number of hydrogen-bond acceptors (Lipinski definition) is 2. The van der Waals surface area contributed by atoms with E-state index >= 15 is 0 Å². The van der Waals surface area contributed by atoms with Gasteiger partial charge in [0.2, 0.25) is 0 Å². The number of rotatable bonds is 6. The Kier molecular flexibility index (Phi) is 5.66. The van der Waals surface area contributed by atoms with Gasteiger partial charge in [0.05, 0.1) is 0 Å². The smallest absolute Gasteiger partial charge is 0.0417 e. The summed E-state index contributed by atoms with van der Waals surface area (Å²) in [4.78, 5) is 1.46. The molecule has 0 radical (unpaired) electrons. The Balaban J connectivity index is 2.48. The summed E-state index contributed by atoms with van der Waals surface area (Å²) in [6.07, 6.45) is 4.69. The van der Waals surface area contributed by atoms with Crippen molar-refractivity contribution >= 4 is 11.3 Å². The minimum absolute atomic E-state index is 0.533. The van der Waals surface area contributed by atoms with E-state index in [-0.39, 0.29) is 0 Å². The van der Waals surface area contributed by atoms with Gasteiger partial charge in [0, 0.05) is 17.5 Å². The minimum Gasteiger partial charge on any atom is -0.306 e. The van der Waals surface area contributed by atoms with Crippen molar-refractivity contribution in [2.75, 3.05) is 6.54 Å². The number of allylic oxidation sites excluding steroid dienone is 1. The normalized spacial score (nSPS) is 12.5. The zero-order valence-corrected chi connectivity index (χ0v) is 10.7. The lowest BCUT2D eigenvalue weighted by molar-refractivity contribution is 0.528. The van der Waals surface area contributed by atoms with Gasteiger partial charge in [0.15, 0.2) is 0 Å². The van der Waals surface area contributed by atoms with Crippen LogP contribution < -0.4 is 5.32 Å². The largest absolute Gasteiger partial charge is 0.306 e. The van der Waals surface area contributed by atoms with E-state index in [4.69, 9.17) is 0 Å². The third-order valence-corrected chi connectivity index (χ3v) is 3.32. The summed E-state index contributed by atoms with van der Waals surface area (Å²) in [7, 11) is 0. The van der Waals surface area contributed by atoms with Crippen LogP contribution in [-0.4, -0.2) is 6.54 Å². The van der Waals surface area contributed by atoms with Crippen LogP contribution in [0.2, 0.25) is 0 Å². The van der Waals surface area contributed by atoms with Gasteiger partial charge in [0.25, 0.3) is 0 Å². The molecule has 1 heterocycles. The summed E-state index contributed by atoms with van der Waals surface area (Å²) in [6.45, 7) is 7.50. The highest BCUT2D eigenvalue weighted by molar-refractivity contribution is 7.10. The maximum absolute atomic E-state index is 3.59. The quantitative estimate of drug-likeness (QED) is 0.715. The van der Waals surface area contributed by atoms with Gasteiger partial charge < -0.3 is 5.32 Å². The molecule has 0 aromatic carbocycles. The first-order valence-corrected chi connectivity index (χ1v) is 6.52. The Morgan fingerprint density at radius 2 is 2.33 bits per heavy atom. The van der Waals surface area contributed by atoms with Gasteiger partial charge in [-0.15, -0.1) is 11.3 Å². The van der Waals surface area contributed by atoms with E-state index in [0.717, 1.165) is 6.54 Å². The van der Waals surface area contributed by atoms with Gasteiger partial charge in [-0.2, -0.15) is 0 Å². The fourth-order valence-electron chi connectivity index (χ4n) is 1.53. The van der Waals surface area contributed by atoms with Crippen LogP contribution in [-0.2, 0) is 0 Å². The second-order valence-corrected chi connectivity index (χ2v) is 5.03. The topological polar surface area (TPSA) is 12.0 Å². The van der Waals surface area contributed by atoms with Crippen LogP contribution in [0.5, 0.6) is 0 Å². The van der Waals surface area contributed by atoms with Crippen molar-refractivity contribution in [3.05, 3.63) is 34.0 Å². The van der Waals surface area contributed by atoms with Gasteiger partial charge in [-0.05, 0) is 31.7 Å². The van der Waals surface area contributed by atoms with E-state index < -0.39 is 0 Å². The summed E-state index contributed by atoms with van der Waals surface area (Å²) in [5.74, 6) is 0. The lowest BCUT2D eigenvalue weighted by Crippen LogP contribution is -2.20. The summed E-state index contributed by atoms with van der Waals surface area (Å²) in [5.41, 5.74) is 1.38. The molecule has 0 spiro atoms. The molecule has 2 heteroatoms. The molecule has 1 aromatic rings. The molecular formula is C13H21NS. The van der Waals surface area contributed by atoms with Crippen molar-refractivity contribution in [3.63, 3.8) is 0 Å². The number of thiophene rings is 1. The van der Waals surface area contributed by atoms with E-state index in [1.165, 1.54) is 23.3 Å². The highest BCUT2D eigenvalue weighted by Crippen LogP contribution is 2.22. The molecule has 1 N–H and O–H groups in total. The molecule has 1 unspecified atom stereocenters. The molecule has 0 aliphatic carbocycles. The first-order chi connectivity index (χ1) is 7.24. The van der Waals surface area contributed by atoms with Crippen LogP contribution in [0.25, 0.3) is 0 Å². The number of hydrogen-bond donors (Lipinski definition) is 1. The lowest BCUT2D eigenvalue weighted by Gasteiger charge is -2.15. The second-order valence-electron chi connectivity index (χ2n) is 4.05. The molecule has 0 bridgehead atoms. The van der Waals surface area contributed by atoms with Crippen LogP contribution in [0.1, 0.15) is 44.5 Å². The third-order valence-electron chi connectivity index (χ3n) is 2.34. The van der Waals surface area contributed by atoms with Crippen molar-refractivity contribution < 1.29 is 0 Å². The van der Waals surface area contributed by atoms with Crippen LogP contribution in [0.4, 0.5) is 0 Å². The van der Waals surface area contributed by atoms with Crippen molar-refractivity contribution in [1.82, 2.24) is 5.32 Å². The van der Waals surface area contributed by atoms with Crippen LogP contribution >= 0.6 is 11.3 Å². The predicted molar refractivity (Wildman–Crippen MR) is 69.4 cm³/mol. The molecule has 1 rings (SSSR count). The Hall–Kier alpha value is -0.600. The van der Waals surface area contributed by atoms with Crippen molar-refractivity contribution in [2.24, 2.45) is 0 Å². The van der Waals surface area contributed by atoms with Gasteiger partial charge in [-0.1, -0.05) is 31.1 Å². The molecule has 0 aliphatic rings. The van der Waals surface area contributed by atoms with Crippen molar-refractivity contribution in [1.29, 1.82) is 0 Å². The molecule has 1 nitrogen and oxygen atoms in total. The molecule has 1 atom stereocenters. The third kappa shape index (κ3) is 4.63. The van der Waals surface area contributed by atoms with E-state index in [2.05, 4.69) is 49.7 Å². The standard InChI is InChI=1S/C13H21NS/c1-4-6-12(13-7-5-10-15-13)14-9-8-11(2)3/h5,7-8,10,12,14H,4,6,9H2,1-3H3. The molecule has 15 heavy (non-hydrogen) atoms. The van der Waals surface area contributed by atoms with E-state index in [1.807, 2.05) is 11.3 Å². The highest BCUT2D eigenvalue weighted by atomic mass is 32.1. The molecule has 0 saturated heterocycles. The summed E-state index contributed by atoms with van der Waals surface area (Å²) in [6, 6.07) is 4.89. The summed E-state index contributed by atoms with van der Waals surface area (Å²) >= 11 is 1.85. The predicted octanol–water partition coefficient (Wildman–Crippen LogP) is 4.15. The van der Waals surface area contributed by atoms with Gasteiger partial charge in [0.1, 0.15) is 0 Å². The first kappa shape index (κ1) is 12.5. The summed E-state index contributed by atoms with van der Waals surface area (Å²) in [5, 5.41) is 5.74. The van der Waals surface area contributed by atoms with E-state index in [9.17, 15) is 0 Å². The van der Waals surface area contributed by atoms with Gasteiger partial charge >= 0.3 is 0 Å². The number of nitrogens with one attached hydrogen (secondary N) is 1. The molecule has 84 valence electrons. The monoisotopic (exact) mass is 223 g/mol. The van der Waals surface area contributed by atoms with E-state index in [1.54, 1.807) is 0 Å². The van der Waals surface area contributed by atoms with Gasteiger partial charge in [-0.3, -0.25) is 0 Å². The fraction of sp³-hybridized carbons (Fsp3) is 0.538. The molecule has 0 aliphatic heterocycles. The van der Waals surface area contributed by atoms with Crippen LogP contribution in [0, 0.1) is 0 Å². The second kappa shape index (κ2) is 6.81. The fourth-order valence-corrected chi connectivity index (χ4v) is 2.37. The van der Waals surface area contributed by atoms with Crippen LogP contribution in [0.3, 0.4) is 0 Å². The summed E-state index contributed by atoms with van der Waals surface area (Å²) < 4.78 is 0. The SMILES string of the molecule is CCCC(NCC=C(C)C)c1cccs1. The Labute approximate surface area is 97.2 Å². The first-order valence-electron chi connectivity index (χ1n) is 5.64. The van der Waals surface area contributed by atoms with Crippen LogP contribution in [0.15, 0.2) is 29.2 Å². The Morgan fingerprint density at radius 1 is 1.53 bits per heavy atom. The molecule has 0 saturated carbocycles. The van der Waals surface area contributed by atoms with E-state index in [0.29, 0.717) is 6.04 Å². The molecule has 0 amide bonds. The van der Waals surface area contributed by atoms with Gasteiger partial charge in [-0.25, -0.2) is 0 Å². The maximum atomic E-state index is 3.59. The Morgan fingerprint density at radius 3 is 2.87 bits per heavy atom. The molecule has 1 aromatic heterocycles. The highest BCUT2D eigenvalue weighted by Gasteiger charge is 2.09. The minimum atomic E-state index is 0.533. The maximum Gasteiger partial charge on any atom is 0.0417 e. The Bertz CT molecular complexity index is 283. The zero-order chi connectivity index (χ0) is 11.1. The zero-order valence-electron chi connectivity index (χ0n) is 9.92. The lowest BCUT2D eigenvalue weighted by atomic mass is 10.1. The van der Waals surface area contributed by atoms with Crippen molar-refractivity contribution in [3.8, 4) is 0 Å². The molecular weight excluding hydrogens is 202 g/mol. The average Bonchev–Trinajstić information content (AvgIpc) is 2.68.